The van der Waals surface area contributed by atoms with Crippen LogP contribution in [0.2, 0.25) is 0 Å². The molecule has 0 unspecified atom stereocenters. The lowest BCUT2D eigenvalue weighted by Gasteiger charge is -2.08. The Balaban J connectivity index is 1.94. The first kappa shape index (κ1) is 13.9. The van der Waals surface area contributed by atoms with Crippen LogP contribution in [0.3, 0.4) is 0 Å². The molecule has 1 aromatic heterocycles. The summed E-state index contributed by atoms with van der Waals surface area (Å²) in [5.41, 5.74) is 8.66. The third-order valence-electron chi connectivity index (χ3n) is 3.02. The maximum atomic E-state index is 11.9. The van der Waals surface area contributed by atoms with Crippen LogP contribution in [-0.4, -0.2) is 22.3 Å². The van der Waals surface area contributed by atoms with Crippen molar-refractivity contribution in [1.82, 2.24) is 9.78 Å². The van der Waals surface area contributed by atoms with Gasteiger partial charge in [0, 0.05) is 12.7 Å². The number of amides is 1. The summed E-state index contributed by atoms with van der Waals surface area (Å²) in [6.07, 6.45) is 0. The molecule has 1 amide bonds. The van der Waals surface area contributed by atoms with Gasteiger partial charge < -0.3 is 15.8 Å². The van der Waals surface area contributed by atoms with E-state index in [0.29, 0.717) is 11.4 Å². The topological polar surface area (TPSA) is 82.2 Å². The van der Waals surface area contributed by atoms with E-state index in [-0.39, 0.29) is 12.5 Å². The molecule has 6 heteroatoms. The van der Waals surface area contributed by atoms with Gasteiger partial charge in [-0.25, -0.2) is 0 Å². The summed E-state index contributed by atoms with van der Waals surface area (Å²) in [5.74, 6) is 0.384. The molecule has 0 atom stereocenters. The van der Waals surface area contributed by atoms with Crippen LogP contribution in [0.25, 0.3) is 0 Å². The van der Waals surface area contributed by atoms with Gasteiger partial charge in [0.05, 0.1) is 17.1 Å². The maximum absolute atomic E-state index is 11.9. The minimum Gasteiger partial charge on any atom is -0.484 e. The fourth-order valence-corrected chi connectivity index (χ4v) is 1.84. The van der Waals surface area contributed by atoms with E-state index in [1.54, 1.807) is 28.9 Å². The van der Waals surface area contributed by atoms with E-state index in [1.807, 2.05) is 20.9 Å². The second kappa shape index (κ2) is 5.64. The van der Waals surface area contributed by atoms with E-state index in [2.05, 4.69) is 10.4 Å². The minimum atomic E-state index is -0.221. The number of hydrogen-bond donors (Lipinski definition) is 2. The molecule has 0 saturated heterocycles. The highest BCUT2D eigenvalue weighted by Gasteiger charge is 2.12. The van der Waals surface area contributed by atoms with Gasteiger partial charge >= 0.3 is 0 Å². The summed E-state index contributed by atoms with van der Waals surface area (Å²) in [6, 6.07) is 6.90. The van der Waals surface area contributed by atoms with Gasteiger partial charge in [-0.05, 0) is 38.1 Å². The van der Waals surface area contributed by atoms with Crippen LogP contribution in [-0.2, 0) is 11.8 Å². The molecule has 3 N–H and O–H groups in total. The molecule has 0 saturated carbocycles. The number of aromatic nitrogens is 2. The van der Waals surface area contributed by atoms with Crippen LogP contribution in [0.15, 0.2) is 24.3 Å². The van der Waals surface area contributed by atoms with Gasteiger partial charge in [0.2, 0.25) is 0 Å². The monoisotopic (exact) mass is 274 g/mol. The molecule has 2 aromatic rings. The molecule has 106 valence electrons. The van der Waals surface area contributed by atoms with E-state index >= 15 is 0 Å². The number of carbonyl (C=O) groups excluding carboxylic acids is 1. The van der Waals surface area contributed by atoms with Gasteiger partial charge in [0.25, 0.3) is 5.91 Å². The quantitative estimate of drug-likeness (QED) is 0.830. The fraction of sp³-hybridized carbons (Fsp3) is 0.286. The number of nitrogens with zero attached hydrogens (tertiary/aromatic N) is 2. The summed E-state index contributed by atoms with van der Waals surface area (Å²) in [6.45, 7) is 3.69. The lowest BCUT2D eigenvalue weighted by atomic mass is 10.3. The van der Waals surface area contributed by atoms with Crippen molar-refractivity contribution >= 4 is 17.3 Å². The van der Waals surface area contributed by atoms with Crippen LogP contribution >= 0.6 is 0 Å². The number of ether oxygens (including phenoxy) is 1. The highest BCUT2D eigenvalue weighted by molar-refractivity contribution is 5.93. The Morgan fingerprint density at radius 3 is 2.55 bits per heavy atom. The lowest BCUT2D eigenvalue weighted by Crippen LogP contribution is -2.20. The van der Waals surface area contributed by atoms with Crippen molar-refractivity contribution in [3.8, 4) is 5.75 Å². The SMILES string of the molecule is Cc1nn(C)c(C)c1NC(=O)COc1ccc(N)cc1. The van der Waals surface area contributed by atoms with Crippen molar-refractivity contribution in [3.63, 3.8) is 0 Å². The zero-order valence-corrected chi connectivity index (χ0v) is 11.8. The number of carbonyl (C=O) groups is 1. The van der Waals surface area contributed by atoms with Crippen LogP contribution in [0.5, 0.6) is 5.75 Å². The highest BCUT2D eigenvalue weighted by atomic mass is 16.5. The average molecular weight is 274 g/mol. The molecule has 0 spiro atoms. The summed E-state index contributed by atoms with van der Waals surface area (Å²) < 4.78 is 7.11. The molecule has 0 radical (unpaired) electrons. The number of aryl methyl sites for hydroxylation is 2. The Labute approximate surface area is 117 Å². The van der Waals surface area contributed by atoms with Crippen LogP contribution in [0.4, 0.5) is 11.4 Å². The third kappa shape index (κ3) is 3.09. The summed E-state index contributed by atoms with van der Waals surface area (Å²) in [4.78, 5) is 11.9. The van der Waals surface area contributed by atoms with Crippen molar-refractivity contribution in [2.75, 3.05) is 17.7 Å². The largest absolute Gasteiger partial charge is 0.484 e. The second-order valence-corrected chi connectivity index (χ2v) is 4.58. The molecule has 0 bridgehead atoms. The molecule has 20 heavy (non-hydrogen) atoms. The first-order valence-corrected chi connectivity index (χ1v) is 6.25. The molecular weight excluding hydrogens is 256 g/mol. The Kier molecular flexibility index (Phi) is 3.93. The van der Waals surface area contributed by atoms with E-state index in [4.69, 9.17) is 10.5 Å². The first-order chi connectivity index (χ1) is 9.47. The molecule has 0 aliphatic rings. The van der Waals surface area contributed by atoms with Gasteiger partial charge in [-0.15, -0.1) is 0 Å². The standard InChI is InChI=1S/C14H18N4O2/c1-9-14(10(2)18(3)17-9)16-13(19)8-20-12-6-4-11(15)5-7-12/h4-7H,8,15H2,1-3H3,(H,16,19). The number of nitrogens with one attached hydrogen (secondary N) is 1. The minimum absolute atomic E-state index is 0.0578. The maximum Gasteiger partial charge on any atom is 0.262 e. The van der Waals surface area contributed by atoms with Crippen LogP contribution in [0, 0.1) is 13.8 Å². The molecule has 0 fully saturated rings. The van der Waals surface area contributed by atoms with Gasteiger partial charge in [0.1, 0.15) is 5.75 Å². The van der Waals surface area contributed by atoms with E-state index in [0.717, 1.165) is 17.1 Å². The molecule has 0 aliphatic heterocycles. The van der Waals surface area contributed by atoms with Gasteiger partial charge in [-0.3, -0.25) is 9.48 Å². The molecule has 2 rings (SSSR count). The molecule has 0 aliphatic carbocycles. The van der Waals surface area contributed by atoms with E-state index in [9.17, 15) is 4.79 Å². The predicted molar refractivity (Wildman–Crippen MR) is 77.7 cm³/mol. The number of anilines is 2. The second-order valence-electron chi connectivity index (χ2n) is 4.58. The molecule has 1 heterocycles. The Morgan fingerprint density at radius 2 is 2.00 bits per heavy atom. The van der Waals surface area contributed by atoms with Crippen LogP contribution in [0.1, 0.15) is 11.4 Å². The van der Waals surface area contributed by atoms with Crippen molar-refractivity contribution in [3.05, 3.63) is 35.7 Å². The Morgan fingerprint density at radius 1 is 1.35 bits per heavy atom. The molecule has 1 aromatic carbocycles. The predicted octanol–water partition coefficient (Wildman–Crippen LogP) is 1.64. The number of benzene rings is 1. The Bertz CT molecular complexity index is 617. The van der Waals surface area contributed by atoms with Gasteiger partial charge in [0.15, 0.2) is 6.61 Å². The number of rotatable bonds is 4. The zero-order valence-electron chi connectivity index (χ0n) is 11.8. The lowest BCUT2D eigenvalue weighted by molar-refractivity contribution is -0.118. The summed E-state index contributed by atoms with van der Waals surface area (Å²) in [5, 5.41) is 7.05. The van der Waals surface area contributed by atoms with E-state index < -0.39 is 0 Å². The van der Waals surface area contributed by atoms with E-state index in [1.165, 1.54) is 0 Å². The smallest absolute Gasteiger partial charge is 0.262 e. The molecule has 6 nitrogen and oxygen atoms in total. The molecular formula is C14H18N4O2. The summed E-state index contributed by atoms with van der Waals surface area (Å²) >= 11 is 0. The van der Waals surface area contributed by atoms with Crippen molar-refractivity contribution in [2.24, 2.45) is 7.05 Å². The van der Waals surface area contributed by atoms with Crippen molar-refractivity contribution in [1.29, 1.82) is 0 Å². The average Bonchev–Trinajstić information content (AvgIpc) is 2.65. The number of nitrogen functional groups attached to an aromatic ring is 1. The normalized spacial score (nSPS) is 10.3. The van der Waals surface area contributed by atoms with Gasteiger partial charge in [-0.2, -0.15) is 5.10 Å². The zero-order chi connectivity index (χ0) is 14.7. The summed E-state index contributed by atoms with van der Waals surface area (Å²) in [7, 11) is 1.84. The first-order valence-electron chi connectivity index (χ1n) is 6.25. The Hall–Kier alpha value is -2.50. The highest BCUT2D eigenvalue weighted by Crippen LogP contribution is 2.18. The number of hydrogen-bond acceptors (Lipinski definition) is 4. The van der Waals surface area contributed by atoms with Crippen molar-refractivity contribution < 1.29 is 9.53 Å². The van der Waals surface area contributed by atoms with Crippen LogP contribution < -0.4 is 15.8 Å². The fourth-order valence-electron chi connectivity index (χ4n) is 1.84. The third-order valence-corrected chi connectivity index (χ3v) is 3.02. The number of nitrogens with two attached hydrogens (primary N) is 1. The van der Waals surface area contributed by atoms with Crippen molar-refractivity contribution in [2.45, 2.75) is 13.8 Å². The van der Waals surface area contributed by atoms with Gasteiger partial charge in [-0.1, -0.05) is 0 Å².